The first-order valence-corrected chi connectivity index (χ1v) is 5.64. The van der Waals surface area contributed by atoms with Crippen LogP contribution >= 0.6 is 47.8 Å². The van der Waals surface area contributed by atoms with E-state index in [4.69, 9.17) is 0 Å². The lowest BCUT2D eigenvalue weighted by Gasteiger charge is -2.17. The van der Waals surface area contributed by atoms with Crippen molar-refractivity contribution < 1.29 is 9.50 Å². The van der Waals surface area contributed by atoms with Crippen LogP contribution < -0.4 is 0 Å². The second-order valence-electron chi connectivity index (χ2n) is 2.38. The summed E-state index contributed by atoms with van der Waals surface area (Å²) in [6.45, 7) is 0. The number of nitrogens with zero attached hydrogens (tertiary/aromatic N) is 1. The van der Waals surface area contributed by atoms with Gasteiger partial charge in [-0.15, -0.1) is 0 Å². The van der Waals surface area contributed by atoms with Gasteiger partial charge in [-0.25, -0.2) is 4.39 Å². The molecule has 6 heteroatoms. The zero-order valence-corrected chi connectivity index (χ0v) is 11.0. The first-order valence-electron chi connectivity index (χ1n) is 3.26. The van der Waals surface area contributed by atoms with Gasteiger partial charge < -0.3 is 5.11 Å². The van der Waals surface area contributed by atoms with E-state index < -0.39 is 9.59 Å². The predicted molar refractivity (Wildman–Crippen MR) is 58.6 cm³/mol. The fraction of sp³-hybridized carbons (Fsp3) is 0.286. The number of hydrogen-bond acceptors (Lipinski definition) is 2. The topological polar surface area (TPSA) is 33.1 Å². The quantitative estimate of drug-likeness (QED) is 0.802. The van der Waals surface area contributed by atoms with Gasteiger partial charge in [0, 0.05) is 22.4 Å². The van der Waals surface area contributed by atoms with Crippen LogP contribution in [0.4, 0.5) is 4.39 Å². The number of pyridine rings is 1. The molecular weight excluding hydrogens is 373 g/mol. The van der Waals surface area contributed by atoms with Gasteiger partial charge in [-0.05, 0) is 53.9 Å². The SMILES string of the molecule is OC(c1cncc(Br)c1)C(F)(Br)Br. The fourth-order valence-electron chi connectivity index (χ4n) is 0.767. The minimum absolute atomic E-state index is 0.380. The Labute approximate surface area is 99.9 Å². The normalized spacial score (nSPS) is 14.2. The Kier molecular flexibility index (Phi) is 3.85. The fourth-order valence-corrected chi connectivity index (χ4v) is 1.68. The second kappa shape index (κ2) is 4.33. The van der Waals surface area contributed by atoms with E-state index in [9.17, 15) is 9.50 Å². The van der Waals surface area contributed by atoms with Gasteiger partial charge in [0.05, 0.1) is 0 Å². The van der Waals surface area contributed by atoms with Crippen molar-refractivity contribution in [1.29, 1.82) is 0 Å². The summed E-state index contributed by atoms with van der Waals surface area (Å²) in [6, 6.07) is 1.59. The van der Waals surface area contributed by atoms with Gasteiger partial charge in [-0.3, -0.25) is 4.98 Å². The minimum Gasteiger partial charge on any atom is -0.383 e. The monoisotopic (exact) mass is 375 g/mol. The van der Waals surface area contributed by atoms with Crippen LogP contribution in [0, 0.1) is 0 Å². The Hall–Kier alpha value is 0.480. The van der Waals surface area contributed by atoms with Gasteiger partial charge >= 0.3 is 0 Å². The third-order valence-corrected chi connectivity index (χ3v) is 2.65. The number of alkyl halides is 3. The van der Waals surface area contributed by atoms with Crippen LogP contribution in [0.15, 0.2) is 22.9 Å². The molecule has 0 saturated heterocycles. The van der Waals surface area contributed by atoms with E-state index in [0.29, 0.717) is 10.0 Å². The zero-order chi connectivity index (χ0) is 10.1. The molecule has 1 aromatic heterocycles. The summed E-state index contributed by atoms with van der Waals surface area (Å²) in [4.78, 5) is 3.80. The van der Waals surface area contributed by atoms with Crippen molar-refractivity contribution >= 4 is 47.8 Å². The Morgan fingerprint density at radius 1 is 1.46 bits per heavy atom. The molecular formula is C7H5Br3FNO. The highest BCUT2D eigenvalue weighted by atomic mass is 79.9. The number of hydrogen-bond donors (Lipinski definition) is 1. The maximum absolute atomic E-state index is 13.1. The molecule has 0 aromatic carbocycles. The van der Waals surface area contributed by atoms with Gasteiger partial charge in [0.15, 0.2) is 0 Å². The molecule has 0 saturated carbocycles. The number of aliphatic hydroxyl groups is 1. The van der Waals surface area contributed by atoms with Crippen molar-refractivity contribution in [2.75, 3.05) is 0 Å². The summed E-state index contributed by atoms with van der Waals surface area (Å²) in [7, 11) is 0. The van der Waals surface area contributed by atoms with E-state index in [1.54, 1.807) is 12.3 Å². The van der Waals surface area contributed by atoms with E-state index in [2.05, 4.69) is 52.8 Å². The van der Waals surface area contributed by atoms with Crippen LogP contribution in [0.3, 0.4) is 0 Å². The van der Waals surface area contributed by atoms with Crippen LogP contribution in [0.1, 0.15) is 11.7 Å². The third kappa shape index (κ3) is 3.27. The van der Waals surface area contributed by atoms with Crippen molar-refractivity contribution in [2.45, 2.75) is 9.59 Å². The van der Waals surface area contributed by atoms with Crippen molar-refractivity contribution in [3.05, 3.63) is 28.5 Å². The van der Waals surface area contributed by atoms with Crippen LogP contribution in [0.2, 0.25) is 0 Å². The van der Waals surface area contributed by atoms with Crippen LogP contribution in [-0.4, -0.2) is 13.6 Å². The maximum Gasteiger partial charge on any atom is 0.248 e. The van der Waals surface area contributed by atoms with Crippen LogP contribution in [0.5, 0.6) is 0 Å². The van der Waals surface area contributed by atoms with Crippen LogP contribution in [0.25, 0.3) is 0 Å². The van der Waals surface area contributed by atoms with E-state index in [-0.39, 0.29) is 0 Å². The molecule has 1 rings (SSSR count). The molecule has 0 aliphatic carbocycles. The summed E-state index contributed by atoms with van der Waals surface area (Å²) in [5.41, 5.74) is 0.380. The standard InChI is InChI=1S/C7H5Br3FNO/c8-5-1-4(2-12-3-5)6(13)7(9,10)11/h1-3,6,13H. The lowest BCUT2D eigenvalue weighted by molar-refractivity contribution is 0.114. The molecule has 0 amide bonds. The number of aromatic nitrogens is 1. The Morgan fingerprint density at radius 2 is 2.08 bits per heavy atom. The summed E-state index contributed by atoms with van der Waals surface area (Å²) >= 11 is 8.49. The van der Waals surface area contributed by atoms with Crippen molar-refractivity contribution in [3.63, 3.8) is 0 Å². The summed E-state index contributed by atoms with van der Waals surface area (Å²) < 4.78 is 11.8. The summed E-state index contributed by atoms with van der Waals surface area (Å²) in [5, 5.41) is 9.45. The molecule has 0 radical (unpaired) electrons. The summed E-state index contributed by atoms with van der Waals surface area (Å²) in [5.74, 6) is 0. The first-order chi connectivity index (χ1) is 5.91. The van der Waals surface area contributed by atoms with E-state index in [1.165, 1.54) is 6.20 Å². The molecule has 72 valence electrons. The highest BCUT2D eigenvalue weighted by Gasteiger charge is 2.33. The van der Waals surface area contributed by atoms with Gasteiger partial charge in [-0.1, -0.05) is 0 Å². The molecule has 1 atom stereocenters. The van der Waals surface area contributed by atoms with Gasteiger partial charge in [0.1, 0.15) is 6.10 Å². The smallest absolute Gasteiger partial charge is 0.248 e. The predicted octanol–water partition coefficient (Wildman–Crippen LogP) is 3.29. The third-order valence-electron chi connectivity index (χ3n) is 1.35. The average Bonchev–Trinajstić information content (AvgIpc) is 2.01. The molecule has 0 fully saturated rings. The minimum atomic E-state index is -2.03. The first kappa shape index (κ1) is 11.6. The molecule has 0 aliphatic heterocycles. The molecule has 0 aliphatic rings. The van der Waals surface area contributed by atoms with E-state index in [0.717, 1.165) is 0 Å². The number of rotatable bonds is 2. The average molecular weight is 378 g/mol. The second-order valence-corrected chi connectivity index (χ2v) is 6.67. The molecule has 1 aromatic rings. The molecule has 1 heterocycles. The molecule has 2 nitrogen and oxygen atoms in total. The van der Waals surface area contributed by atoms with Gasteiger partial charge in [0.2, 0.25) is 3.49 Å². The van der Waals surface area contributed by atoms with Gasteiger partial charge in [-0.2, -0.15) is 0 Å². The number of halogens is 4. The molecule has 1 N–H and O–H groups in total. The van der Waals surface area contributed by atoms with E-state index in [1.807, 2.05) is 0 Å². The van der Waals surface area contributed by atoms with Crippen molar-refractivity contribution in [3.8, 4) is 0 Å². The largest absolute Gasteiger partial charge is 0.383 e. The van der Waals surface area contributed by atoms with Crippen molar-refractivity contribution in [2.24, 2.45) is 0 Å². The highest BCUT2D eigenvalue weighted by molar-refractivity contribution is 9.25. The lowest BCUT2D eigenvalue weighted by Crippen LogP contribution is -2.16. The number of aliphatic hydroxyl groups excluding tert-OH is 1. The zero-order valence-electron chi connectivity index (χ0n) is 6.22. The van der Waals surface area contributed by atoms with Crippen molar-refractivity contribution in [1.82, 2.24) is 4.98 Å². The molecule has 0 spiro atoms. The Bertz CT molecular complexity index is 302. The molecule has 0 bridgehead atoms. The highest BCUT2D eigenvalue weighted by Crippen LogP contribution is 2.40. The molecule has 1 unspecified atom stereocenters. The van der Waals surface area contributed by atoms with Gasteiger partial charge in [0.25, 0.3) is 0 Å². The maximum atomic E-state index is 13.1. The Morgan fingerprint density at radius 3 is 2.54 bits per heavy atom. The van der Waals surface area contributed by atoms with Crippen LogP contribution in [-0.2, 0) is 0 Å². The molecule has 13 heavy (non-hydrogen) atoms. The Balaban J connectivity index is 2.96. The lowest BCUT2D eigenvalue weighted by atomic mass is 10.2. The van der Waals surface area contributed by atoms with E-state index >= 15 is 0 Å². The summed E-state index contributed by atoms with van der Waals surface area (Å²) in [6.07, 6.45) is 1.64.